The van der Waals surface area contributed by atoms with E-state index in [1.807, 2.05) is 0 Å². The number of carbonyl (C=O) groups excluding carboxylic acids is 1. The van der Waals surface area contributed by atoms with Crippen LogP contribution in [0, 0.1) is 6.92 Å². The molecule has 2 aromatic rings. The maximum Gasteiger partial charge on any atom is 0.251 e. The van der Waals surface area contributed by atoms with Crippen molar-refractivity contribution in [3.8, 4) is 5.75 Å². The average Bonchev–Trinajstić information content (AvgIpc) is 2.89. The third-order valence-electron chi connectivity index (χ3n) is 4.03. The molecule has 3 rings (SSSR count). The van der Waals surface area contributed by atoms with Gasteiger partial charge in [0.05, 0.1) is 13.2 Å². The summed E-state index contributed by atoms with van der Waals surface area (Å²) in [7, 11) is 1.62. The Hall–Kier alpha value is -2.29. The van der Waals surface area contributed by atoms with Crippen LogP contribution in [0.1, 0.15) is 39.5 Å². The number of hydrogen-bond acceptors (Lipinski definition) is 2. The smallest absolute Gasteiger partial charge is 0.251 e. The number of hydrogen-bond donors (Lipinski definition) is 1. The van der Waals surface area contributed by atoms with Crippen LogP contribution in [0.25, 0.3) is 0 Å². The van der Waals surface area contributed by atoms with E-state index >= 15 is 0 Å². The van der Waals surface area contributed by atoms with Crippen molar-refractivity contribution in [1.82, 2.24) is 5.32 Å². The van der Waals surface area contributed by atoms with Gasteiger partial charge in [-0.2, -0.15) is 0 Å². The van der Waals surface area contributed by atoms with Gasteiger partial charge in [-0.3, -0.25) is 4.79 Å². The fourth-order valence-corrected chi connectivity index (χ4v) is 2.88. The topological polar surface area (TPSA) is 38.3 Å². The van der Waals surface area contributed by atoms with Crippen molar-refractivity contribution in [3.63, 3.8) is 0 Å². The van der Waals surface area contributed by atoms with Gasteiger partial charge in [0, 0.05) is 5.56 Å². The predicted molar refractivity (Wildman–Crippen MR) is 82.7 cm³/mol. The number of ether oxygens (including phenoxy) is 1. The Bertz CT molecular complexity index is 661. The largest absolute Gasteiger partial charge is 0.497 e. The molecule has 21 heavy (non-hydrogen) atoms. The number of carbonyl (C=O) groups is 1. The van der Waals surface area contributed by atoms with E-state index in [1.165, 1.54) is 16.7 Å². The third kappa shape index (κ3) is 2.77. The van der Waals surface area contributed by atoms with Gasteiger partial charge < -0.3 is 10.1 Å². The molecule has 3 heteroatoms. The zero-order valence-electron chi connectivity index (χ0n) is 12.3. The fourth-order valence-electron chi connectivity index (χ4n) is 2.88. The van der Waals surface area contributed by atoms with Crippen LogP contribution in [0.15, 0.2) is 42.5 Å². The molecule has 0 saturated carbocycles. The van der Waals surface area contributed by atoms with Crippen molar-refractivity contribution < 1.29 is 9.53 Å². The molecule has 1 aliphatic carbocycles. The summed E-state index contributed by atoms with van der Waals surface area (Å²) in [6, 6.07) is 13.8. The molecule has 3 nitrogen and oxygen atoms in total. The lowest BCUT2D eigenvalue weighted by atomic mass is 10.1. The van der Waals surface area contributed by atoms with E-state index in [2.05, 4.69) is 30.4 Å². The number of benzene rings is 2. The van der Waals surface area contributed by atoms with Crippen LogP contribution < -0.4 is 10.1 Å². The van der Waals surface area contributed by atoms with E-state index in [1.54, 1.807) is 31.4 Å². The lowest BCUT2D eigenvalue weighted by Crippen LogP contribution is -2.27. The molecule has 2 aromatic carbocycles. The first-order valence-electron chi connectivity index (χ1n) is 7.22. The highest BCUT2D eigenvalue weighted by Gasteiger charge is 2.24. The molecule has 0 radical (unpaired) electrons. The molecule has 0 fully saturated rings. The van der Waals surface area contributed by atoms with Gasteiger partial charge in [0.25, 0.3) is 5.91 Å². The van der Waals surface area contributed by atoms with E-state index in [9.17, 15) is 4.79 Å². The Morgan fingerprint density at radius 1 is 1.19 bits per heavy atom. The van der Waals surface area contributed by atoms with Crippen molar-refractivity contribution in [2.24, 2.45) is 0 Å². The van der Waals surface area contributed by atoms with E-state index < -0.39 is 0 Å². The van der Waals surface area contributed by atoms with Gasteiger partial charge in [0.2, 0.25) is 0 Å². The molecule has 0 bridgehead atoms. The molecule has 1 aliphatic rings. The Morgan fingerprint density at radius 2 is 1.95 bits per heavy atom. The van der Waals surface area contributed by atoms with Gasteiger partial charge in [-0.1, -0.05) is 23.8 Å². The molecular formula is C18H19NO2. The molecule has 1 N–H and O–H groups in total. The zero-order chi connectivity index (χ0) is 14.8. The number of nitrogens with one attached hydrogen (secondary N) is 1. The highest BCUT2D eigenvalue weighted by atomic mass is 16.5. The monoisotopic (exact) mass is 281 g/mol. The van der Waals surface area contributed by atoms with Crippen molar-refractivity contribution in [1.29, 1.82) is 0 Å². The van der Waals surface area contributed by atoms with Crippen LogP contribution >= 0.6 is 0 Å². The number of fused-ring (bicyclic) bond motifs is 1. The summed E-state index contributed by atoms with van der Waals surface area (Å²) < 4.78 is 5.11. The van der Waals surface area contributed by atoms with E-state index in [0.717, 1.165) is 18.6 Å². The summed E-state index contributed by atoms with van der Waals surface area (Å²) in [5, 5.41) is 3.13. The van der Waals surface area contributed by atoms with Crippen molar-refractivity contribution in [2.45, 2.75) is 25.8 Å². The van der Waals surface area contributed by atoms with E-state index in [0.29, 0.717) is 5.56 Å². The first-order chi connectivity index (χ1) is 10.2. The summed E-state index contributed by atoms with van der Waals surface area (Å²) >= 11 is 0. The van der Waals surface area contributed by atoms with Crippen LogP contribution in [-0.2, 0) is 6.42 Å². The second-order valence-electron chi connectivity index (χ2n) is 5.50. The van der Waals surface area contributed by atoms with E-state index in [4.69, 9.17) is 4.74 Å². The Morgan fingerprint density at radius 3 is 2.67 bits per heavy atom. The van der Waals surface area contributed by atoms with Gasteiger partial charge >= 0.3 is 0 Å². The lowest BCUT2D eigenvalue weighted by molar-refractivity contribution is 0.0936. The highest BCUT2D eigenvalue weighted by molar-refractivity contribution is 5.94. The Labute approximate surface area is 124 Å². The number of aryl methyl sites for hydroxylation is 2. The third-order valence-corrected chi connectivity index (χ3v) is 4.03. The fraction of sp³-hybridized carbons (Fsp3) is 0.278. The minimum Gasteiger partial charge on any atom is -0.497 e. The first-order valence-corrected chi connectivity index (χ1v) is 7.22. The van der Waals surface area contributed by atoms with Gasteiger partial charge in [0.1, 0.15) is 5.75 Å². The van der Waals surface area contributed by atoms with Crippen LogP contribution in [-0.4, -0.2) is 13.0 Å². The summed E-state index contributed by atoms with van der Waals surface area (Å²) in [5.41, 5.74) is 4.55. The Balaban J connectivity index is 1.74. The predicted octanol–water partition coefficient (Wildman–Crippen LogP) is 3.42. The molecule has 0 spiro atoms. The quantitative estimate of drug-likeness (QED) is 0.936. The highest BCUT2D eigenvalue weighted by Crippen LogP contribution is 2.31. The molecule has 1 amide bonds. The molecular weight excluding hydrogens is 262 g/mol. The number of amides is 1. The van der Waals surface area contributed by atoms with Crippen LogP contribution in [0.3, 0.4) is 0 Å². The summed E-state index contributed by atoms with van der Waals surface area (Å²) in [6.07, 6.45) is 2.01. The minimum absolute atomic E-state index is 0.0314. The van der Waals surface area contributed by atoms with Gasteiger partial charge in [-0.25, -0.2) is 0 Å². The second-order valence-corrected chi connectivity index (χ2v) is 5.50. The van der Waals surface area contributed by atoms with Crippen molar-refractivity contribution >= 4 is 5.91 Å². The van der Waals surface area contributed by atoms with Gasteiger partial charge in [0.15, 0.2) is 0 Å². The number of rotatable bonds is 3. The molecule has 1 atom stereocenters. The summed E-state index contributed by atoms with van der Waals surface area (Å²) in [6.45, 7) is 2.10. The van der Waals surface area contributed by atoms with Crippen molar-refractivity contribution in [2.75, 3.05) is 7.11 Å². The van der Waals surface area contributed by atoms with Gasteiger partial charge in [-0.05, 0) is 55.2 Å². The van der Waals surface area contributed by atoms with Crippen molar-refractivity contribution in [3.05, 3.63) is 64.7 Å². The molecule has 0 aromatic heterocycles. The number of methoxy groups -OCH3 is 1. The second kappa shape index (κ2) is 5.60. The summed E-state index contributed by atoms with van der Waals surface area (Å²) in [5.74, 6) is 0.726. The molecule has 108 valence electrons. The molecule has 0 aliphatic heterocycles. The summed E-state index contributed by atoms with van der Waals surface area (Å²) in [4.78, 5) is 12.3. The van der Waals surface area contributed by atoms with E-state index in [-0.39, 0.29) is 11.9 Å². The van der Waals surface area contributed by atoms with Crippen LogP contribution in [0.4, 0.5) is 0 Å². The molecule has 0 heterocycles. The Kier molecular flexibility index (Phi) is 3.65. The molecule has 0 unspecified atom stereocenters. The maximum atomic E-state index is 12.3. The molecule has 0 saturated heterocycles. The van der Waals surface area contributed by atoms with Crippen LogP contribution in [0.5, 0.6) is 5.75 Å². The lowest BCUT2D eigenvalue weighted by Gasteiger charge is -2.14. The maximum absolute atomic E-state index is 12.3. The first kappa shape index (κ1) is 13.7. The normalized spacial score (nSPS) is 16.4. The SMILES string of the molecule is COc1ccc(C(=O)N[C@@H]2CCc3cc(C)ccc32)cc1. The minimum atomic E-state index is -0.0314. The van der Waals surface area contributed by atoms with Crippen LogP contribution in [0.2, 0.25) is 0 Å². The standard InChI is InChI=1S/C18H19NO2/c1-12-3-9-16-14(11-12)6-10-17(16)19-18(20)13-4-7-15(21-2)8-5-13/h3-5,7-9,11,17H,6,10H2,1-2H3,(H,19,20)/t17-/m1/s1. The zero-order valence-corrected chi connectivity index (χ0v) is 12.3. The van der Waals surface area contributed by atoms with Gasteiger partial charge in [-0.15, -0.1) is 0 Å². The average molecular weight is 281 g/mol.